The molecule has 0 saturated carbocycles. The molecule has 0 aliphatic carbocycles. The molecule has 0 fully saturated rings. The number of thiophene rings is 1. The van der Waals surface area contributed by atoms with Gasteiger partial charge in [0.25, 0.3) is 0 Å². The van der Waals surface area contributed by atoms with E-state index in [-0.39, 0.29) is 5.56 Å². The number of benzene rings is 1. The van der Waals surface area contributed by atoms with E-state index in [0.29, 0.717) is 15.4 Å². The monoisotopic (exact) mass is 372 g/mol. The van der Waals surface area contributed by atoms with Crippen molar-refractivity contribution in [2.24, 2.45) is 0 Å². The third-order valence-corrected chi connectivity index (χ3v) is 5.00. The minimum atomic E-state index is -4.73. The molecular formula is C12H6BrClF4S. The Morgan fingerprint density at radius 1 is 1.21 bits per heavy atom. The van der Waals surface area contributed by atoms with Crippen LogP contribution in [0, 0.1) is 5.82 Å². The zero-order valence-electron chi connectivity index (χ0n) is 9.14. The van der Waals surface area contributed by atoms with E-state index in [1.165, 1.54) is 17.4 Å². The van der Waals surface area contributed by atoms with Crippen molar-refractivity contribution in [1.29, 1.82) is 0 Å². The molecular weight excluding hydrogens is 368 g/mol. The van der Waals surface area contributed by atoms with Crippen LogP contribution in [0.25, 0.3) is 0 Å². The van der Waals surface area contributed by atoms with Crippen molar-refractivity contribution in [2.75, 3.05) is 0 Å². The highest BCUT2D eigenvalue weighted by molar-refractivity contribution is 9.10. The van der Waals surface area contributed by atoms with E-state index in [4.69, 9.17) is 11.6 Å². The second-order valence-corrected chi connectivity index (χ2v) is 5.94. The predicted molar refractivity (Wildman–Crippen MR) is 71.1 cm³/mol. The average molecular weight is 374 g/mol. The lowest BCUT2D eigenvalue weighted by atomic mass is 10.1. The predicted octanol–water partition coefficient (Wildman–Crippen LogP) is 6.00. The first-order valence-electron chi connectivity index (χ1n) is 5.05. The van der Waals surface area contributed by atoms with Gasteiger partial charge in [0, 0.05) is 14.9 Å². The Hall–Kier alpha value is -0.590. The van der Waals surface area contributed by atoms with Gasteiger partial charge < -0.3 is 0 Å². The number of halogens is 6. The van der Waals surface area contributed by atoms with Gasteiger partial charge in [0.05, 0.1) is 10.9 Å². The molecule has 102 valence electrons. The molecule has 0 N–H and O–H groups in total. The second kappa shape index (κ2) is 5.42. The van der Waals surface area contributed by atoms with Gasteiger partial charge in [-0.1, -0.05) is 12.1 Å². The van der Waals surface area contributed by atoms with E-state index in [2.05, 4.69) is 15.9 Å². The van der Waals surface area contributed by atoms with Crippen molar-refractivity contribution >= 4 is 38.9 Å². The Balaban J connectivity index is 2.50. The molecule has 1 heterocycles. The van der Waals surface area contributed by atoms with Crippen LogP contribution >= 0.6 is 38.9 Å². The number of rotatable bonds is 2. The normalized spacial score (nSPS) is 13.6. The van der Waals surface area contributed by atoms with Crippen molar-refractivity contribution in [3.05, 3.63) is 55.9 Å². The number of hydrogen-bond acceptors (Lipinski definition) is 1. The van der Waals surface area contributed by atoms with E-state index >= 15 is 0 Å². The van der Waals surface area contributed by atoms with E-state index < -0.39 is 22.9 Å². The summed E-state index contributed by atoms with van der Waals surface area (Å²) < 4.78 is 52.4. The average Bonchev–Trinajstić information content (AvgIpc) is 2.73. The molecule has 19 heavy (non-hydrogen) atoms. The molecule has 0 saturated heterocycles. The summed E-state index contributed by atoms with van der Waals surface area (Å²) in [4.78, 5) is 0.569. The number of alkyl halides is 4. The van der Waals surface area contributed by atoms with E-state index in [9.17, 15) is 17.6 Å². The molecule has 1 aromatic heterocycles. The molecule has 1 aromatic carbocycles. The summed E-state index contributed by atoms with van der Waals surface area (Å²) in [5.74, 6) is -1.32. The maximum absolute atomic E-state index is 13.9. The van der Waals surface area contributed by atoms with Crippen LogP contribution in [0.15, 0.2) is 34.1 Å². The number of hydrogen-bond donors (Lipinski definition) is 0. The van der Waals surface area contributed by atoms with Gasteiger partial charge in [-0.3, -0.25) is 0 Å². The van der Waals surface area contributed by atoms with Crippen molar-refractivity contribution < 1.29 is 17.6 Å². The maximum Gasteiger partial charge on any atom is 0.419 e. The van der Waals surface area contributed by atoms with Crippen LogP contribution in [0.5, 0.6) is 0 Å². The molecule has 0 aliphatic heterocycles. The molecule has 0 aliphatic rings. The van der Waals surface area contributed by atoms with Crippen LogP contribution in [0.3, 0.4) is 0 Å². The standard InChI is InChI=1S/C12H6BrClF4S/c13-8-4-5-19-11(8)9(14)6-2-1-3-7(10(6)15)12(16,17)18/h1-5,9H. The SMILES string of the molecule is Fc1c(C(Cl)c2sccc2Br)cccc1C(F)(F)F. The van der Waals surface area contributed by atoms with Gasteiger partial charge in [0.15, 0.2) is 0 Å². The van der Waals surface area contributed by atoms with Crippen LogP contribution in [0.2, 0.25) is 0 Å². The molecule has 0 spiro atoms. The molecule has 1 atom stereocenters. The van der Waals surface area contributed by atoms with Crippen LogP contribution in [0.1, 0.15) is 21.4 Å². The third-order valence-electron chi connectivity index (χ3n) is 2.48. The fourth-order valence-corrected chi connectivity index (χ4v) is 3.76. The smallest absolute Gasteiger partial charge is 0.206 e. The molecule has 0 amide bonds. The largest absolute Gasteiger partial charge is 0.419 e. The van der Waals surface area contributed by atoms with Gasteiger partial charge in [-0.15, -0.1) is 22.9 Å². The van der Waals surface area contributed by atoms with Crippen molar-refractivity contribution in [2.45, 2.75) is 11.6 Å². The first-order chi connectivity index (χ1) is 8.82. The van der Waals surface area contributed by atoms with Crippen LogP contribution < -0.4 is 0 Å². The van der Waals surface area contributed by atoms with Crippen molar-refractivity contribution in [3.8, 4) is 0 Å². The quantitative estimate of drug-likeness (QED) is 0.447. The summed E-state index contributed by atoms with van der Waals surface area (Å²) in [6.07, 6.45) is -4.73. The first kappa shape index (κ1) is 14.8. The summed E-state index contributed by atoms with van der Waals surface area (Å²) in [5, 5.41) is 0.761. The van der Waals surface area contributed by atoms with Crippen LogP contribution in [-0.4, -0.2) is 0 Å². The zero-order valence-corrected chi connectivity index (χ0v) is 12.3. The Morgan fingerprint density at radius 2 is 1.89 bits per heavy atom. The topological polar surface area (TPSA) is 0 Å². The third kappa shape index (κ3) is 2.95. The summed E-state index contributed by atoms with van der Waals surface area (Å²) in [5.41, 5.74) is -1.48. The summed E-state index contributed by atoms with van der Waals surface area (Å²) in [6, 6.07) is 4.82. The van der Waals surface area contributed by atoms with Crippen molar-refractivity contribution in [3.63, 3.8) is 0 Å². The van der Waals surface area contributed by atoms with Gasteiger partial charge in [0.2, 0.25) is 0 Å². The minimum Gasteiger partial charge on any atom is -0.206 e. The lowest BCUT2D eigenvalue weighted by Gasteiger charge is -2.14. The highest BCUT2D eigenvalue weighted by atomic mass is 79.9. The van der Waals surface area contributed by atoms with Gasteiger partial charge in [-0.05, 0) is 33.4 Å². The fraction of sp³-hybridized carbons (Fsp3) is 0.167. The lowest BCUT2D eigenvalue weighted by molar-refractivity contribution is -0.140. The minimum absolute atomic E-state index is 0.181. The molecule has 0 radical (unpaired) electrons. The van der Waals surface area contributed by atoms with Gasteiger partial charge >= 0.3 is 6.18 Å². The molecule has 1 unspecified atom stereocenters. The Bertz CT molecular complexity index is 594. The maximum atomic E-state index is 13.9. The fourth-order valence-electron chi connectivity index (χ4n) is 1.59. The summed E-state index contributed by atoms with van der Waals surface area (Å²) in [7, 11) is 0. The molecule has 0 bridgehead atoms. The summed E-state index contributed by atoms with van der Waals surface area (Å²) >= 11 is 10.6. The zero-order chi connectivity index (χ0) is 14.2. The van der Waals surface area contributed by atoms with Crippen molar-refractivity contribution in [1.82, 2.24) is 0 Å². The van der Waals surface area contributed by atoms with Gasteiger partial charge in [0.1, 0.15) is 5.82 Å². The second-order valence-electron chi connectivity index (χ2n) is 3.70. The van der Waals surface area contributed by atoms with E-state index in [0.717, 1.165) is 6.07 Å². The highest BCUT2D eigenvalue weighted by Gasteiger charge is 2.36. The van der Waals surface area contributed by atoms with Gasteiger partial charge in [-0.2, -0.15) is 13.2 Å². The lowest BCUT2D eigenvalue weighted by Crippen LogP contribution is -2.10. The Labute approximate surface area is 124 Å². The Kier molecular flexibility index (Phi) is 4.23. The van der Waals surface area contributed by atoms with Crippen LogP contribution in [0.4, 0.5) is 17.6 Å². The van der Waals surface area contributed by atoms with E-state index in [1.54, 1.807) is 11.4 Å². The molecule has 2 rings (SSSR count). The van der Waals surface area contributed by atoms with Crippen LogP contribution in [-0.2, 0) is 6.18 Å². The van der Waals surface area contributed by atoms with E-state index in [1.807, 2.05) is 0 Å². The molecule has 2 aromatic rings. The first-order valence-corrected chi connectivity index (χ1v) is 7.16. The Morgan fingerprint density at radius 3 is 2.42 bits per heavy atom. The molecule has 7 heteroatoms. The van der Waals surface area contributed by atoms with Gasteiger partial charge in [-0.25, -0.2) is 4.39 Å². The highest BCUT2D eigenvalue weighted by Crippen LogP contribution is 2.41. The molecule has 0 nitrogen and oxygen atoms in total. The summed E-state index contributed by atoms with van der Waals surface area (Å²) in [6.45, 7) is 0.